The second kappa shape index (κ2) is 4.30. The highest BCUT2D eigenvalue weighted by Crippen LogP contribution is 2.33. The summed E-state index contributed by atoms with van der Waals surface area (Å²) in [5.74, 6) is 0.653. The van der Waals surface area contributed by atoms with Crippen molar-refractivity contribution in [2.45, 2.75) is 38.0 Å². The number of halogens is 1. The van der Waals surface area contributed by atoms with Gasteiger partial charge in [-0.3, -0.25) is 4.98 Å². The number of anilines is 1. The Hall–Kier alpha value is -0.570. The maximum Gasteiger partial charge on any atom is 0.0645 e. The van der Waals surface area contributed by atoms with Gasteiger partial charge in [-0.05, 0) is 34.8 Å². The Morgan fingerprint density at radius 2 is 2.00 bits per heavy atom. The average molecular weight is 255 g/mol. The minimum Gasteiger partial charge on any atom is -0.397 e. The second-order valence-electron chi connectivity index (χ2n) is 3.97. The molecule has 2 rings (SSSR count). The normalized spacial score (nSPS) is 18.4. The highest BCUT2D eigenvalue weighted by atomic mass is 79.9. The van der Waals surface area contributed by atoms with Gasteiger partial charge in [0, 0.05) is 16.1 Å². The van der Waals surface area contributed by atoms with E-state index in [9.17, 15) is 0 Å². The molecule has 0 spiro atoms. The highest BCUT2D eigenvalue weighted by molar-refractivity contribution is 9.10. The van der Waals surface area contributed by atoms with E-state index < -0.39 is 0 Å². The average Bonchev–Trinajstić information content (AvgIpc) is 2.23. The van der Waals surface area contributed by atoms with E-state index in [0.717, 1.165) is 10.2 Å². The van der Waals surface area contributed by atoms with Crippen LogP contribution in [0.15, 0.2) is 16.7 Å². The SMILES string of the molecule is Nc1cnc(C2CCCCC2)cc1Br. The molecule has 1 aliphatic rings. The fraction of sp³-hybridized carbons (Fsp3) is 0.545. The van der Waals surface area contributed by atoms with Crippen LogP contribution in [0, 0.1) is 0 Å². The van der Waals surface area contributed by atoms with E-state index in [0.29, 0.717) is 5.92 Å². The Bertz CT molecular complexity index is 319. The molecule has 1 aromatic heterocycles. The van der Waals surface area contributed by atoms with Crippen LogP contribution in [0.25, 0.3) is 0 Å². The Labute approximate surface area is 93.0 Å². The Morgan fingerprint density at radius 3 is 2.64 bits per heavy atom. The van der Waals surface area contributed by atoms with Crippen molar-refractivity contribution >= 4 is 21.6 Å². The molecule has 14 heavy (non-hydrogen) atoms. The lowest BCUT2D eigenvalue weighted by Crippen LogP contribution is -2.06. The Morgan fingerprint density at radius 1 is 1.29 bits per heavy atom. The first-order chi connectivity index (χ1) is 6.77. The summed E-state index contributed by atoms with van der Waals surface area (Å²) in [6.07, 6.45) is 8.38. The van der Waals surface area contributed by atoms with Gasteiger partial charge in [-0.25, -0.2) is 0 Å². The molecule has 0 amide bonds. The van der Waals surface area contributed by atoms with E-state index in [1.807, 2.05) is 0 Å². The Balaban J connectivity index is 2.18. The van der Waals surface area contributed by atoms with E-state index in [1.54, 1.807) is 6.20 Å². The molecule has 2 nitrogen and oxygen atoms in total. The highest BCUT2D eigenvalue weighted by Gasteiger charge is 2.17. The van der Waals surface area contributed by atoms with Crippen LogP contribution in [0.4, 0.5) is 5.69 Å². The minimum absolute atomic E-state index is 0.653. The summed E-state index contributed by atoms with van der Waals surface area (Å²) in [5, 5.41) is 0. The van der Waals surface area contributed by atoms with Gasteiger partial charge in [0.2, 0.25) is 0 Å². The molecule has 1 aromatic rings. The van der Waals surface area contributed by atoms with Crippen LogP contribution < -0.4 is 5.73 Å². The predicted molar refractivity (Wildman–Crippen MR) is 62.2 cm³/mol. The van der Waals surface area contributed by atoms with Gasteiger partial charge in [-0.2, -0.15) is 0 Å². The lowest BCUT2D eigenvalue weighted by atomic mass is 9.87. The second-order valence-corrected chi connectivity index (χ2v) is 4.82. The quantitative estimate of drug-likeness (QED) is 0.834. The molecule has 0 bridgehead atoms. The summed E-state index contributed by atoms with van der Waals surface area (Å²) in [6, 6.07) is 2.07. The summed E-state index contributed by atoms with van der Waals surface area (Å²) >= 11 is 3.45. The van der Waals surface area contributed by atoms with Gasteiger partial charge < -0.3 is 5.73 Å². The van der Waals surface area contributed by atoms with Crippen LogP contribution in [-0.4, -0.2) is 4.98 Å². The zero-order chi connectivity index (χ0) is 9.97. The van der Waals surface area contributed by atoms with Crippen LogP contribution in [0.3, 0.4) is 0 Å². The number of aromatic nitrogens is 1. The van der Waals surface area contributed by atoms with Crippen molar-refractivity contribution in [3.8, 4) is 0 Å². The first-order valence-electron chi connectivity index (χ1n) is 5.18. The monoisotopic (exact) mass is 254 g/mol. The van der Waals surface area contributed by atoms with E-state index in [4.69, 9.17) is 5.73 Å². The van der Waals surface area contributed by atoms with Crippen molar-refractivity contribution in [2.24, 2.45) is 0 Å². The van der Waals surface area contributed by atoms with Gasteiger partial charge in [-0.15, -0.1) is 0 Å². The zero-order valence-electron chi connectivity index (χ0n) is 8.17. The number of nitrogen functional groups attached to an aromatic ring is 1. The van der Waals surface area contributed by atoms with Crippen LogP contribution in [0.2, 0.25) is 0 Å². The maximum absolute atomic E-state index is 5.71. The summed E-state index contributed by atoms with van der Waals surface area (Å²) in [7, 11) is 0. The molecule has 1 aliphatic carbocycles. The number of hydrogen-bond acceptors (Lipinski definition) is 2. The van der Waals surface area contributed by atoms with Crippen molar-refractivity contribution in [3.05, 3.63) is 22.4 Å². The molecular weight excluding hydrogens is 240 g/mol. The van der Waals surface area contributed by atoms with Crippen LogP contribution >= 0.6 is 15.9 Å². The number of nitrogens with zero attached hydrogens (tertiary/aromatic N) is 1. The number of pyridine rings is 1. The van der Waals surface area contributed by atoms with Gasteiger partial charge in [0.05, 0.1) is 11.9 Å². The largest absolute Gasteiger partial charge is 0.397 e. The molecule has 3 heteroatoms. The fourth-order valence-corrected chi connectivity index (χ4v) is 2.41. The molecule has 1 heterocycles. The van der Waals surface area contributed by atoms with E-state index in [-0.39, 0.29) is 0 Å². The number of hydrogen-bond donors (Lipinski definition) is 1. The fourth-order valence-electron chi connectivity index (χ4n) is 2.08. The van der Waals surface area contributed by atoms with Crippen LogP contribution in [-0.2, 0) is 0 Å². The van der Waals surface area contributed by atoms with E-state index in [1.165, 1.54) is 37.8 Å². The molecule has 0 unspecified atom stereocenters. The van der Waals surface area contributed by atoms with Crippen molar-refractivity contribution in [1.82, 2.24) is 4.98 Å². The topological polar surface area (TPSA) is 38.9 Å². The third kappa shape index (κ3) is 2.08. The third-order valence-electron chi connectivity index (χ3n) is 2.93. The summed E-state index contributed by atoms with van der Waals surface area (Å²) in [4.78, 5) is 4.41. The van der Waals surface area contributed by atoms with Gasteiger partial charge >= 0.3 is 0 Å². The summed E-state index contributed by atoms with van der Waals surface area (Å²) < 4.78 is 0.980. The van der Waals surface area contributed by atoms with Gasteiger partial charge in [-0.1, -0.05) is 19.3 Å². The first kappa shape index (κ1) is 9.97. The lowest BCUT2D eigenvalue weighted by molar-refractivity contribution is 0.436. The van der Waals surface area contributed by atoms with E-state index in [2.05, 4.69) is 27.0 Å². The van der Waals surface area contributed by atoms with Crippen molar-refractivity contribution in [2.75, 3.05) is 5.73 Å². The van der Waals surface area contributed by atoms with Crippen molar-refractivity contribution < 1.29 is 0 Å². The van der Waals surface area contributed by atoms with Crippen LogP contribution in [0.1, 0.15) is 43.7 Å². The van der Waals surface area contributed by atoms with Crippen LogP contribution in [0.5, 0.6) is 0 Å². The Kier molecular flexibility index (Phi) is 3.06. The lowest BCUT2D eigenvalue weighted by Gasteiger charge is -2.21. The zero-order valence-corrected chi connectivity index (χ0v) is 9.76. The number of nitrogens with two attached hydrogens (primary N) is 1. The summed E-state index contributed by atoms with van der Waals surface area (Å²) in [6.45, 7) is 0. The van der Waals surface area contributed by atoms with E-state index >= 15 is 0 Å². The van der Waals surface area contributed by atoms with Gasteiger partial charge in [0.15, 0.2) is 0 Å². The van der Waals surface area contributed by atoms with Crippen molar-refractivity contribution in [3.63, 3.8) is 0 Å². The van der Waals surface area contributed by atoms with Crippen molar-refractivity contribution in [1.29, 1.82) is 0 Å². The third-order valence-corrected chi connectivity index (χ3v) is 3.61. The summed E-state index contributed by atoms with van der Waals surface area (Å²) in [5.41, 5.74) is 7.64. The first-order valence-corrected chi connectivity index (χ1v) is 5.97. The molecule has 1 saturated carbocycles. The standard InChI is InChI=1S/C11H15BrN2/c12-9-6-11(14-7-10(9)13)8-4-2-1-3-5-8/h6-8H,1-5,13H2. The molecule has 0 aliphatic heterocycles. The molecule has 0 radical (unpaired) electrons. The molecular formula is C11H15BrN2. The smallest absolute Gasteiger partial charge is 0.0645 e. The minimum atomic E-state index is 0.653. The molecule has 0 saturated heterocycles. The molecule has 0 aromatic carbocycles. The molecule has 1 fully saturated rings. The van der Waals surface area contributed by atoms with Gasteiger partial charge in [0.1, 0.15) is 0 Å². The molecule has 2 N–H and O–H groups in total. The number of rotatable bonds is 1. The van der Waals surface area contributed by atoms with Gasteiger partial charge in [0.25, 0.3) is 0 Å². The predicted octanol–water partition coefficient (Wildman–Crippen LogP) is 3.47. The molecule has 0 atom stereocenters. The maximum atomic E-state index is 5.71. The molecule has 76 valence electrons.